The molecule has 3 nitrogen and oxygen atoms in total. The van der Waals surface area contributed by atoms with Gasteiger partial charge in [-0.1, -0.05) is 60.7 Å². The van der Waals surface area contributed by atoms with E-state index in [0.29, 0.717) is 0 Å². The molecule has 0 atom stereocenters. The lowest BCUT2D eigenvalue weighted by atomic mass is 9.98. The van der Waals surface area contributed by atoms with Crippen LogP contribution >= 0.6 is 0 Å². The van der Waals surface area contributed by atoms with Crippen molar-refractivity contribution < 1.29 is 4.79 Å². The van der Waals surface area contributed by atoms with Crippen molar-refractivity contribution in [3.05, 3.63) is 96.1 Å². The lowest BCUT2D eigenvalue weighted by molar-refractivity contribution is -0.114. The predicted molar refractivity (Wildman–Crippen MR) is 99.1 cm³/mol. The Hall–Kier alpha value is -3.07. The average Bonchev–Trinajstić information content (AvgIpc) is 2.62. The minimum Gasteiger partial charge on any atom is -0.374 e. The molecule has 3 aromatic rings. The highest BCUT2D eigenvalue weighted by molar-refractivity contribution is 5.88. The minimum absolute atomic E-state index is 0.0674. The Morgan fingerprint density at radius 3 is 1.62 bits per heavy atom. The van der Waals surface area contributed by atoms with Crippen molar-refractivity contribution in [2.75, 3.05) is 10.6 Å². The standard InChI is InChI=1S/C21H20N2O/c1-16(24)22-19-12-14-20(15-13-19)23-21(17-8-4-2-5-9-17)18-10-6-3-7-11-18/h2-15,21,23H,1H3,(H,22,24). The van der Waals surface area contributed by atoms with Crippen molar-refractivity contribution in [1.29, 1.82) is 0 Å². The number of hydrogen-bond acceptors (Lipinski definition) is 2. The number of rotatable bonds is 5. The third kappa shape index (κ3) is 4.02. The second-order valence-electron chi connectivity index (χ2n) is 5.66. The highest BCUT2D eigenvalue weighted by Crippen LogP contribution is 2.27. The van der Waals surface area contributed by atoms with Crippen LogP contribution in [-0.2, 0) is 4.79 Å². The van der Waals surface area contributed by atoms with Crippen molar-refractivity contribution in [2.24, 2.45) is 0 Å². The molecule has 3 rings (SSSR count). The first kappa shape index (κ1) is 15.8. The maximum atomic E-state index is 11.1. The Labute approximate surface area is 142 Å². The molecule has 0 heterocycles. The van der Waals surface area contributed by atoms with Gasteiger partial charge in [-0.15, -0.1) is 0 Å². The molecule has 0 unspecified atom stereocenters. The molecule has 0 fully saturated rings. The summed E-state index contributed by atoms with van der Waals surface area (Å²) in [6.45, 7) is 1.51. The fourth-order valence-corrected chi connectivity index (χ4v) is 2.67. The van der Waals surface area contributed by atoms with Crippen LogP contribution < -0.4 is 10.6 Å². The van der Waals surface area contributed by atoms with E-state index in [4.69, 9.17) is 0 Å². The van der Waals surface area contributed by atoms with Crippen LogP contribution in [0.15, 0.2) is 84.9 Å². The second-order valence-corrected chi connectivity index (χ2v) is 5.66. The van der Waals surface area contributed by atoms with E-state index < -0.39 is 0 Å². The van der Waals surface area contributed by atoms with Gasteiger partial charge in [-0.25, -0.2) is 0 Å². The van der Waals surface area contributed by atoms with Crippen LogP contribution in [0, 0.1) is 0 Å². The van der Waals surface area contributed by atoms with Gasteiger partial charge in [0, 0.05) is 18.3 Å². The van der Waals surface area contributed by atoms with Crippen LogP contribution in [-0.4, -0.2) is 5.91 Å². The van der Waals surface area contributed by atoms with Gasteiger partial charge in [-0.2, -0.15) is 0 Å². The molecule has 0 saturated carbocycles. The van der Waals surface area contributed by atoms with E-state index in [0.717, 1.165) is 11.4 Å². The van der Waals surface area contributed by atoms with Gasteiger partial charge in [0.15, 0.2) is 0 Å². The molecule has 3 heteroatoms. The van der Waals surface area contributed by atoms with Gasteiger partial charge in [0.05, 0.1) is 6.04 Å². The first-order valence-corrected chi connectivity index (χ1v) is 7.96. The smallest absolute Gasteiger partial charge is 0.221 e. The van der Waals surface area contributed by atoms with E-state index in [2.05, 4.69) is 34.9 Å². The molecular formula is C21H20N2O. The van der Waals surface area contributed by atoms with E-state index in [1.807, 2.05) is 60.7 Å². The predicted octanol–water partition coefficient (Wildman–Crippen LogP) is 4.85. The molecule has 0 saturated heterocycles. The molecule has 0 aliphatic rings. The Balaban J connectivity index is 1.86. The normalized spacial score (nSPS) is 10.4. The van der Waals surface area contributed by atoms with Crippen LogP contribution in [0.4, 0.5) is 11.4 Å². The Morgan fingerprint density at radius 1 is 0.708 bits per heavy atom. The Morgan fingerprint density at radius 2 is 1.17 bits per heavy atom. The first-order valence-electron chi connectivity index (χ1n) is 7.96. The van der Waals surface area contributed by atoms with Gasteiger partial charge in [0.25, 0.3) is 0 Å². The quantitative estimate of drug-likeness (QED) is 0.706. The van der Waals surface area contributed by atoms with Gasteiger partial charge in [0.2, 0.25) is 5.91 Å². The molecule has 0 radical (unpaired) electrons. The van der Waals surface area contributed by atoms with Gasteiger partial charge in [-0.3, -0.25) is 4.79 Å². The third-order valence-electron chi connectivity index (χ3n) is 3.78. The molecule has 1 amide bonds. The molecule has 0 aliphatic heterocycles. The number of nitrogens with one attached hydrogen (secondary N) is 2. The summed E-state index contributed by atoms with van der Waals surface area (Å²) >= 11 is 0. The molecular weight excluding hydrogens is 296 g/mol. The van der Waals surface area contributed by atoms with Gasteiger partial charge < -0.3 is 10.6 Å². The zero-order valence-corrected chi connectivity index (χ0v) is 13.6. The largest absolute Gasteiger partial charge is 0.374 e. The molecule has 0 bridgehead atoms. The maximum absolute atomic E-state index is 11.1. The van der Waals surface area contributed by atoms with Gasteiger partial charge in [0.1, 0.15) is 0 Å². The summed E-state index contributed by atoms with van der Waals surface area (Å²) in [4.78, 5) is 11.1. The summed E-state index contributed by atoms with van der Waals surface area (Å²) in [6, 6.07) is 28.5. The highest BCUT2D eigenvalue weighted by atomic mass is 16.1. The molecule has 2 N–H and O–H groups in total. The molecule has 0 spiro atoms. The summed E-state index contributed by atoms with van der Waals surface area (Å²) in [6.07, 6.45) is 0. The number of amides is 1. The van der Waals surface area contributed by atoms with E-state index in [1.165, 1.54) is 18.1 Å². The van der Waals surface area contributed by atoms with Crippen molar-refractivity contribution in [3.63, 3.8) is 0 Å². The number of hydrogen-bond donors (Lipinski definition) is 2. The number of carbonyl (C=O) groups excluding carboxylic acids is 1. The zero-order valence-electron chi connectivity index (χ0n) is 13.6. The first-order chi connectivity index (χ1) is 11.7. The summed E-state index contributed by atoms with van der Waals surface area (Å²) in [5, 5.41) is 6.36. The Bertz CT molecular complexity index is 744. The summed E-state index contributed by atoms with van der Waals surface area (Å²) in [7, 11) is 0. The summed E-state index contributed by atoms with van der Waals surface area (Å²) in [5.41, 5.74) is 4.20. The molecule has 3 aromatic carbocycles. The zero-order chi connectivity index (χ0) is 16.8. The van der Waals surface area contributed by atoms with Crippen LogP contribution in [0.3, 0.4) is 0 Å². The molecule has 24 heavy (non-hydrogen) atoms. The van der Waals surface area contributed by atoms with E-state index in [1.54, 1.807) is 0 Å². The molecule has 0 aromatic heterocycles. The van der Waals surface area contributed by atoms with Gasteiger partial charge >= 0.3 is 0 Å². The van der Waals surface area contributed by atoms with Crippen molar-refractivity contribution in [2.45, 2.75) is 13.0 Å². The second kappa shape index (κ2) is 7.47. The van der Waals surface area contributed by atoms with Gasteiger partial charge in [-0.05, 0) is 35.4 Å². The maximum Gasteiger partial charge on any atom is 0.221 e. The minimum atomic E-state index is -0.0674. The SMILES string of the molecule is CC(=O)Nc1ccc(NC(c2ccccc2)c2ccccc2)cc1. The third-order valence-corrected chi connectivity index (χ3v) is 3.78. The van der Waals surface area contributed by atoms with E-state index in [9.17, 15) is 4.79 Å². The van der Waals surface area contributed by atoms with E-state index >= 15 is 0 Å². The van der Waals surface area contributed by atoms with Crippen molar-refractivity contribution in [1.82, 2.24) is 0 Å². The molecule has 120 valence electrons. The van der Waals surface area contributed by atoms with Crippen LogP contribution in [0.5, 0.6) is 0 Å². The lowest BCUT2D eigenvalue weighted by Crippen LogP contribution is -2.12. The van der Waals surface area contributed by atoms with Crippen LogP contribution in [0.25, 0.3) is 0 Å². The number of anilines is 2. The van der Waals surface area contributed by atoms with Crippen LogP contribution in [0.2, 0.25) is 0 Å². The monoisotopic (exact) mass is 316 g/mol. The fourth-order valence-electron chi connectivity index (χ4n) is 2.67. The topological polar surface area (TPSA) is 41.1 Å². The average molecular weight is 316 g/mol. The summed E-state index contributed by atoms with van der Waals surface area (Å²) in [5.74, 6) is -0.0674. The Kier molecular flexibility index (Phi) is 4.92. The van der Waals surface area contributed by atoms with E-state index in [-0.39, 0.29) is 11.9 Å². The van der Waals surface area contributed by atoms with Crippen LogP contribution in [0.1, 0.15) is 24.1 Å². The lowest BCUT2D eigenvalue weighted by Gasteiger charge is -2.21. The highest BCUT2D eigenvalue weighted by Gasteiger charge is 2.13. The van der Waals surface area contributed by atoms with Crippen molar-refractivity contribution >= 4 is 17.3 Å². The molecule has 0 aliphatic carbocycles. The number of carbonyl (C=O) groups is 1. The summed E-state index contributed by atoms with van der Waals surface area (Å²) < 4.78 is 0. The number of benzene rings is 3. The van der Waals surface area contributed by atoms with Crippen molar-refractivity contribution in [3.8, 4) is 0 Å². The fraction of sp³-hybridized carbons (Fsp3) is 0.0952.